The minimum atomic E-state index is -4.60. The summed E-state index contributed by atoms with van der Waals surface area (Å²) in [7, 11) is 0. The van der Waals surface area contributed by atoms with Gasteiger partial charge in [-0.25, -0.2) is 0 Å². The molecule has 0 aliphatic carbocycles. The molecule has 2 atom stereocenters. The van der Waals surface area contributed by atoms with Crippen LogP contribution in [-0.2, 0) is 15.8 Å². The molecule has 1 fully saturated rings. The summed E-state index contributed by atoms with van der Waals surface area (Å²) < 4.78 is 37.6. The lowest BCUT2D eigenvalue weighted by Crippen LogP contribution is -2.49. The first-order valence-electron chi connectivity index (χ1n) is 9.09. The molecule has 2 rings (SSSR count). The van der Waals surface area contributed by atoms with E-state index in [1.807, 2.05) is 13.8 Å². The molecule has 1 aliphatic heterocycles. The van der Waals surface area contributed by atoms with Crippen molar-refractivity contribution in [1.29, 1.82) is 0 Å². The molecule has 2 amide bonds. The highest BCUT2D eigenvalue weighted by Gasteiger charge is 2.35. The predicted octanol–water partition coefficient (Wildman–Crippen LogP) is 2.72. The number of halogens is 3. The molecule has 1 aliphatic rings. The van der Waals surface area contributed by atoms with Gasteiger partial charge in [0.25, 0.3) is 0 Å². The number of nitrogens with zero attached hydrogens (tertiary/aromatic N) is 2. The second kappa shape index (κ2) is 9.97. The molecule has 11 heteroatoms. The van der Waals surface area contributed by atoms with Gasteiger partial charge in [0.15, 0.2) is 0 Å². The van der Waals surface area contributed by atoms with E-state index in [4.69, 9.17) is 0 Å². The lowest BCUT2D eigenvalue weighted by Gasteiger charge is -2.25. The fourth-order valence-electron chi connectivity index (χ4n) is 2.79. The summed E-state index contributed by atoms with van der Waals surface area (Å²) in [4.78, 5) is 24.4. The summed E-state index contributed by atoms with van der Waals surface area (Å²) in [5.74, 6) is -0.479. The zero-order valence-electron chi connectivity index (χ0n) is 15.7. The van der Waals surface area contributed by atoms with Crippen molar-refractivity contribution in [1.82, 2.24) is 20.8 Å². The Labute approximate surface area is 165 Å². The van der Waals surface area contributed by atoms with Crippen molar-refractivity contribution in [3.05, 3.63) is 17.2 Å². The highest BCUT2D eigenvalue weighted by atomic mass is 32.1. The Morgan fingerprint density at radius 2 is 2.07 bits per heavy atom. The van der Waals surface area contributed by atoms with Crippen LogP contribution < -0.4 is 16.0 Å². The van der Waals surface area contributed by atoms with Crippen LogP contribution in [0.3, 0.4) is 0 Å². The van der Waals surface area contributed by atoms with E-state index in [0.29, 0.717) is 6.42 Å². The Kier molecular flexibility index (Phi) is 7.93. The van der Waals surface area contributed by atoms with E-state index in [0.717, 1.165) is 25.8 Å². The molecular formula is C17H24F3N5O2S. The minimum absolute atomic E-state index is 0.116. The fourth-order valence-corrected chi connectivity index (χ4v) is 3.41. The van der Waals surface area contributed by atoms with Crippen LogP contribution in [0, 0.1) is 5.92 Å². The van der Waals surface area contributed by atoms with Gasteiger partial charge in [-0.05, 0) is 31.7 Å². The monoisotopic (exact) mass is 419 g/mol. The van der Waals surface area contributed by atoms with E-state index < -0.39 is 17.1 Å². The lowest BCUT2D eigenvalue weighted by molar-refractivity contribution is -0.138. The Balaban J connectivity index is 1.94. The SMILES string of the molecule is CC(C)C[C@@H](/C=C/C(=O)Nc1nnc(C(F)(F)F)s1)NC(=O)[C@@H]1CCCCN1. The summed E-state index contributed by atoms with van der Waals surface area (Å²) in [5.41, 5.74) is 0. The molecular weight excluding hydrogens is 395 g/mol. The number of hydrogen-bond donors (Lipinski definition) is 3. The van der Waals surface area contributed by atoms with Gasteiger partial charge >= 0.3 is 6.18 Å². The molecule has 0 radical (unpaired) electrons. The zero-order valence-corrected chi connectivity index (χ0v) is 16.5. The van der Waals surface area contributed by atoms with Crippen LogP contribution in [0.15, 0.2) is 12.2 Å². The number of rotatable bonds is 7. The van der Waals surface area contributed by atoms with Gasteiger partial charge in [0.2, 0.25) is 22.0 Å². The number of anilines is 1. The Bertz CT molecular complexity index is 699. The number of piperidine rings is 1. The van der Waals surface area contributed by atoms with Crippen LogP contribution >= 0.6 is 11.3 Å². The third-order valence-corrected chi connectivity index (χ3v) is 4.94. The van der Waals surface area contributed by atoms with Crippen molar-refractivity contribution in [2.75, 3.05) is 11.9 Å². The van der Waals surface area contributed by atoms with Crippen LogP contribution in [-0.4, -0.2) is 40.6 Å². The summed E-state index contributed by atoms with van der Waals surface area (Å²) >= 11 is 0.251. The summed E-state index contributed by atoms with van der Waals surface area (Å²) in [6.07, 6.45) is 1.55. The number of alkyl halides is 3. The molecule has 0 bridgehead atoms. The molecule has 2 heterocycles. The van der Waals surface area contributed by atoms with E-state index in [9.17, 15) is 22.8 Å². The Hall–Kier alpha value is -2.01. The zero-order chi connectivity index (χ0) is 20.7. The number of carbonyl (C=O) groups is 2. The highest BCUT2D eigenvalue weighted by molar-refractivity contribution is 7.15. The number of amides is 2. The van der Waals surface area contributed by atoms with Crippen molar-refractivity contribution >= 4 is 28.3 Å². The van der Waals surface area contributed by atoms with Crippen LogP contribution in [0.5, 0.6) is 0 Å². The Morgan fingerprint density at radius 3 is 2.64 bits per heavy atom. The van der Waals surface area contributed by atoms with Crippen molar-refractivity contribution < 1.29 is 22.8 Å². The highest BCUT2D eigenvalue weighted by Crippen LogP contribution is 2.32. The average Bonchev–Trinajstić information content (AvgIpc) is 3.09. The van der Waals surface area contributed by atoms with Gasteiger partial charge in [-0.15, -0.1) is 10.2 Å². The molecule has 3 N–H and O–H groups in total. The van der Waals surface area contributed by atoms with Gasteiger partial charge in [0, 0.05) is 12.1 Å². The topological polar surface area (TPSA) is 96.0 Å². The summed E-state index contributed by atoms with van der Waals surface area (Å²) in [5, 5.41) is 13.3. The van der Waals surface area contributed by atoms with Crippen LogP contribution in [0.2, 0.25) is 0 Å². The number of hydrogen-bond acceptors (Lipinski definition) is 6. The van der Waals surface area contributed by atoms with Gasteiger partial charge < -0.3 is 10.6 Å². The second-order valence-corrected chi connectivity index (χ2v) is 7.98. The predicted molar refractivity (Wildman–Crippen MR) is 99.7 cm³/mol. The maximum absolute atomic E-state index is 12.5. The van der Waals surface area contributed by atoms with E-state index in [2.05, 4.69) is 26.1 Å². The number of aromatic nitrogens is 2. The molecule has 1 saturated heterocycles. The van der Waals surface area contributed by atoms with Gasteiger partial charge in [-0.2, -0.15) is 13.2 Å². The number of carbonyl (C=O) groups excluding carboxylic acids is 2. The van der Waals surface area contributed by atoms with Crippen LogP contribution in [0.1, 0.15) is 44.5 Å². The maximum Gasteiger partial charge on any atom is 0.445 e. The standard InChI is InChI=1S/C17H24F3N5O2S/c1-10(2)9-11(22-14(27)12-5-3-4-8-21-12)6-7-13(26)23-16-25-24-15(28-16)17(18,19)20/h6-7,10-12,21H,3-5,8-9H2,1-2H3,(H,22,27)(H,23,25,26)/b7-6+/t11-,12+/m1/s1. The van der Waals surface area contributed by atoms with Crippen molar-refractivity contribution in [2.24, 2.45) is 5.92 Å². The minimum Gasteiger partial charge on any atom is -0.349 e. The van der Waals surface area contributed by atoms with E-state index in [1.165, 1.54) is 6.08 Å². The quantitative estimate of drug-likeness (QED) is 0.591. The molecule has 156 valence electrons. The van der Waals surface area contributed by atoms with E-state index in [1.54, 1.807) is 6.08 Å². The lowest BCUT2D eigenvalue weighted by atomic mass is 10.0. The molecule has 0 unspecified atom stereocenters. The first kappa shape index (κ1) is 22.3. The van der Waals surface area contributed by atoms with Gasteiger partial charge in [-0.3, -0.25) is 14.9 Å². The molecule has 0 spiro atoms. The third kappa shape index (κ3) is 7.19. The molecule has 7 nitrogen and oxygen atoms in total. The molecule has 28 heavy (non-hydrogen) atoms. The van der Waals surface area contributed by atoms with Crippen LogP contribution in [0.4, 0.5) is 18.3 Å². The molecule has 1 aromatic heterocycles. The second-order valence-electron chi connectivity index (χ2n) is 7.01. The van der Waals surface area contributed by atoms with Gasteiger partial charge in [0.05, 0.1) is 6.04 Å². The molecule has 0 saturated carbocycles. The van der Waals surface area contributed by atoms with E-state index >= 15 is 0 Å². The van der Waals surface area contributed by atoms with Gasteiger partial charge in [0.1, 0.15) is 0 Å². The Morgan fingerprint density at radius 1 is 1.32 bits per heavy atom. The largest absolute Gasteiger partial charge is 0.445 e. The van der Waals surface area contributed by atoms with E-state index in [-0.39, 0.29) is 40.4 Å². The van der Waals surface area contributed by atoms with Crippen LogP contribution in [0.25, 0.3) is 0 Å². The molecule has 0 aromatic carbocycles. The van der Waals surface area contributed by atoms with Gasteiger partial charge in [-0.1, -0.05) is 37.7 Å². The smallest absolute Gasteiger partial charge is 0.349 e. The van der Waals surface area contributed by atoms with Crippen molar-refractivity contribution in [2.45, 2.75) is 57.8 Å². The first-order chi connectivity index (χ1) is 13.1. The average molecular weight is 419 g/mol. The maximum atomic E-state index is 12.5. The fraction of sp³-hybridized carbons (Fsp3) is 0.647. The summed E-state index contributed by atoms with van der Waals surface area (Å²) in [6.45, 7) is 4.78. The first-order valence-corrected chi connectivity index (χ1v) is 9.90. The summed E-state index contributed by atoms with van der Waals surface area (Å²) in [6, 6.07) is -0.602. The molecule has 1 aromatic rings. The normalized spacial score (nSPS) is 19.0. The van der Waals surface area contributed by atoms with Crippen molar-refractivity contribution in [3.63, 3.8) is 0 Å². The third-order valence-electron chi connectivity index (χ3n) is 4.06. The van der Waals surface area contributed by atoms with Crippen molar-refractivity contribution in [3.8, 4) is 0 Å². The number of nitrogens with one attached hydrogen (secondary N) is 3.